The summed E-state index contributed by atoms with van der Waals surface area (Å²) in [5, 5.41) is 14.1. The SMILES string of the molecule is C=CCNC(=O)C(C)N1CCNC(=O)C1CC(=O)O. The fraction of sp³-hybridized carbons (Fsp3) is 0.583. The highest BCUT2D eigenvalue weighted by Crippen LogP contribution is 2.13. The molecule has 0 bridgehead atoms. The number of carbonyl (C=O) groups is 3. The fourth-order valence-electron chi connectivity index (χ4n) is 2.04. The van der Waals surface area contributed by atoms with Crippen LogP contribution in [0.25, 0.3) is 0 Å². The van der Waals surface area contributed by atoms with Crippen molar-refractivity contribution in [2.75, 3.05) is 19.6 Å². The molecule has 0 aromatic heterocycles. The first-order valence-electron chi connectivity index (χ1n) is 6.11. The van der Waals surface area contributed by atoms with E-state index in [1.807, 2.05) is 0 Å². The van der Waals surface area contributed by atoms with Gasteiger partial charge in [-0.2, -0.15) is 0 Å². The number of piperazine rings is 1. The highest BCUT2D eigenvalue weighted by atomic mass is 16.4. The molecule has 1 saturated heterocycles. The first-order chi connectivity index (χ1) is 8.97. The van der Waals surface area contributed by atoms with E-state index in [0.29, 0.717) is 19.6 Å². The normalized spacial score (nSPS) is 21.3. The fourth-order valence-corrected chi connectivity index (χ4v) is 2.04. The molecule has 106 valence electrons. The summed E-state index contributed by atoms with van der Waals surface area (Å²) in [6.07, 6.45) is 1.24. The predicted molar refractivity (Wildman–Crippen MR) is 68.4 cm³/mol. The molecule has 7 heteroatoms. The van der Waals surface area contributed by atoms with Gasteiger partial charge in [-0.15, -0.1) is 6.58 Å². The Labute approximate surface area is 111 Å². The van der Waals surface area contributed by atoms with Crippen molar-refractivity contribution in [2.24, 2.45) is 0 Å². The Balaban J connectivity index is 2.75. The second kappa shape index (κ2) is 6.89. The zero-order valence-electron chi connectivity index (χ0n) is 10.9. The van der Waals surface area contributed by atoms with Crippen LogP contribution < -0.4 is 10.6 Å². The van der Waals surface area contributed by atoms with E-state index < -0.39 is 18.1 Å². The molecule has 0 aliphatic carbocycles. The van der Waals surface area contributed by atoms with Gasteiger partial charge in [0.2, 0.25) is 11.8 Å². The maximum absolute atomic E-state index is 11.9. The van der Waals surface area contributed by atoms with E-state index in [2.05, 4.69) is 17.2 Å². The average Bonchev–Trinajstić information content (AvgIpc) is 2.37. The molecule has 2 amide bonds. The first-order valence-corrected chi connectivity index (χ1v) is 6.11. The van der Waals surface area contributed by atoms with Gasteiger partial charge in [0.1, 0.15) is 6.04 Å². The summed E-state index contributed by atoms with van der Waals surface area (Å²) in [5.74, 6) is -1.66. The van der Waals surface area contributed by atoms with Gasteiger partial charge in [0.25, 0.3) is 0 Å². The van der Waals surface area contributed by atoms with Crippen molar-refractivity contribution < 1.29 is 19.5 Å². The van der Waals surface area contributed by atoms with Gasteiger partial charge in [0.05, 0.1) is 12.5 Å². The van der Waals surface area contributed by atoms with Gasteiger partial charge < -0.3 is 15.7 Å². The Bertz CT molecular complexity index is 383. The number of hydrogen-bond acceptors (Lipinski definition) is 4. The van der Waals surface area contributed by atoms with Gasteiger partial charge in [-0.3, -0.25) is 19.3 Å². The maximum Gasteiger partial charge on any atom is 0.305 e. The van der Waals surface area contributed by atoms with Gasteiger partial charge >= 0.3 is 5.97 Å². The molecule has 2 atom stereocenters. The predicted octanol–water partition coefficient (Wildman–Crippen LogP) is -1.05. The van der Waals surface area contributed by atoms with Crippen molar-refractivity contribution in [3.05, 3.63) is 12.7 Å². The van der Waals surface area contributed by atoms with Crippen LogP contribution in [0.15, 0.2) is 12.7 Å². The van der Waals surface area contributed by atoms with Crippen LogP contribution in [0.4, 0.5) is 0 Å². The summed E-state index contributed by atoms with van der Waals surface area (Å²) in [5.41, 5.74) is 0. The third-order valence-corrected chi connectivity index (χ3v) is 3.04. The van der Waals surface area contributed by atoms with Gasteiger partial charge in [0.15, 0.2) is 0 Å². The van der Waals surface area contributed by atoms with Crippen molar-refractivity contribution in [3.63, 3.8) is 0 Å². The van der Waals surface area contributed by atoms with E-state index in [-0.39, 0.29) is 18.2 Å². The van der Waals surface area contributed by atoms with Crippen LogP contribution in [0, 0.1) is 0 Å². The van der Waals surface area contributed by atoms with Crippen molar-refractivity contribution in [1.82, 2.24) is 15.5 Å². The lowest BCUT2D eigenvalue weighted by atomic mass is 10.1. The molecule has 1 aliphatic rings. The molecule has 1 rings (SSSR count). The van der Waals surface area contributed by atoms with Crippen molar-refractivity contribution in [1.29, 1.82) is 0 Å². The highest BCUT2D eigenvalue weighted by Gasteiger charge is 2.36. The topological polar surface area (TPSA) is 98.7 Å². The number of nitrogens with one attached hydrogen (secondary N) is 2. The van der Waals surface area contributed by atoms with Crippen LogP contribution in [0.5, 0.6) is 0 Å². The van der Waals surface area contributed by atoms with Crippen molar-refractivity contribution in [3.8, 4) is 0 Å². The number of nitrogens with zero attached hydrogens (tertiary/aromatic N) is 1. The van der Waals surface area contributed by atoms with Gasteiger partial charge in [-0.05, 0) is 6.92 Å². The molecule has 0 aromatic carbocycles. The number of aliphatic carboxylic acids is 1. The van der Waals surface area contributed by atoms with E-state index in [4.69, 9.17) is 5.11 Å². The smallest absolute Gasteiger partial charge is 0.305 e. The maximum atomic E-state index is 11.9. The largest absolute Gasteiger partial charge is 0.481 e. The van der Waals surface area contributed by atoms with Crippen LogP contribution in [0.3, 0.4) is 0 Å². The molecule has 0 spiro atoms. The molecule has 19 heavy (non-hydrogen) atoms. The van der Waals surface area contributed by atoms with Gasteiger partial charge in [-0.1, -0.05) is 6.08 Å². The minimum absolute atomic E-state index is 0.245. The number of carbonyl (C=O) groups excluding carboxylic acids is 2. The molecule has 0 radical (unpaired) electrons. The first kappa shape index (κ1) is 15.2. The molecular formula is C12H19N3O4. The van der Waals surface area contributed by atoms with Crippen LogP contribution in [0.2, 0.25) is 0 Å². The minimum Gasteiger partial charge on any atom is -0.481 e. The summed E-state index contributed by atoms with van der Waals surface area (Å²) < 4.78 is 0. The van der Waals surface area contributed by atoms with Crippen LogP contribution in [-0.4, -0.2) is 59.5 Å². The Hall–Kier alpha value is -1.89. The van der Waals surface area contributed by atoms with Gasteiger partial charge in [0, 0.05) is 19.6 Å². The Morgan fingerprint density at radius 3 is 2.95 bits per heavy atom. The lowest BCUT2D eigenvalue weighted by Crippen LogP contribution is -2.61. The quantitative estimate of drug-likeness (QED) is 0.535. The zero-order chi connectivity index (χ0) is 14.4. The van der Waals surface area contributed by atoms with E-state index >= 15 is 0 Å². The molecule has 1 aliphatic heterocycles. The summed E-state index contributed by atoms with van der Waals surface area (Å²) in [6, 6.07) is -1.37. The Morgan fingerprint density at radius 2 is 2.37 bits per heavy atom. The summed E-state index contributed by atoms with van der Waals surface area (Å²) in [7, 11) is 0. The lowest BCUT2D eigenvalue weighted by Gasteiger charge is -2.37. The van der Waals surface area contributed by atoms with Crippen molar-refractivity contribution in [2.45, 2.75) is 25.4 Å². The van der Waals surface area contributed by atoms with E-state index in [1.165, 1.54) is 0 Å². The molecule has 0 saturated carbocycles. The molecule has 3 N–H and O–H groups in total. The number of amides is 2. The summed E-state index contributed by atoms with van der Waals surface area (Å²) >= 11 is 0. The zero-order valence-corrected chi connectivity index (χ0v) is 10.9. The number of carboxylic acid groups (broad SMARTS) is 1. The average molecular weight is 269 g/mol. The third kappa shape index (κ3) is 4.06. The number of hydrogen-bond donors (Lipinski definition) is 3. The number of rotatable bonds is 6. The minimum atomic E-state index is -1.06. The monoisotopic (exact) mass is 269 g/mol. The highest BCUT2D eigenvalue weighted by molar-refractivity contribution is 5.88. The molecule has 7 nitrogen and oxygen atoms in total. The van der Waals surface area contributed by atoms with Crippen LogP contribution in [-0.2, 0) is 14.4 Å². The second-order valence-electron chi connectivity index (χ2n) is 4.35. The third-order valence-electron chi connectivity index (χ3n) is 3.04. The summed E-state index contributed by atoms with van der Waals surface area (Å²) in [6.45, 7) is 6.36. The Morgan fingerprint density at radius 1 is 1.68 bits per heavy atom. The second-order valence-corrected chi connectivity index (χ2v) is 4.35. The molecule has 1 fully saturated rings. The molecule has 1 heterocycles. The summed E-state index contributed by atoms with van der Waals surface area (Å²) in [4.78, 5) is 36.0. The van der Waals surface area contributed by atoms with E-state index in [1.54, 1.807) is 17.9 Å². The lowest BCUT2D eigenvalue weighted by molar-refractivity contribution is -0.145. The Kier molecular flexibility index (Phi) is 5.50. The van der Waals surface area contributed by atoms with Crippen LogP contribution in [0.1, 0.15) is 13.3 Å². The molecule has 2 unspecified atom stereocenters. The van der Waals surface area contributed by atoms with Crippen LogP contribution >= 0.6 is 0 Å². The molecule has 0 aromatic rings. The van der Waals surface area contributed by atoms with Crippen molar-refractivity contribution >= 4 is 17.8 Å². The van der Waals surface area contributed by atoms with E-state index in [0.717, 1.165) is 0 Å². The van der Waals surface area contributed by atoms with Gasteiger partial charge in [-0.25, -0.2) is 0 Å². The van der Waals surface area contributed by atoms with E-state index in [9.17, 15) is 14.4 Å². The number of carboxylic acids is 1. The standard InChI is InChI=1S/C12H19N3O4/c1-3-4-13-11(18)8(2)15-6-5-14-12(19)9(15)7-10(16)17/h3,8-9H,1,4-7H2,2H3,(H,13,18)(H,14,19)(H,16,17). The molecular weight excluding hydrogens is 250 g/mol.